The molecule has 0 aromatic rings. The Labute approximate surface area is 161 Å². The van der Waals surface area contributed by atoms with Crippen LogP contribution in [-0.4, -0.2) is 46.7 Å². The smallest absolute Gasteiger partial charge is 0.243 e. The van der Waals surface area contributed by atoms with Gasteiger partial charge in [-0.25, -0.2) is 0 Å². The van der Waals surface area contributed by atoms with Gasteiger partial charge < -0.3 is 5.32 Å². The van der Waals surface area contributed by atoms with Crippen LogP contribution < -0.4 is 5.32 Å². The lowest BCUT2D eigenvalue weighted by Crippen LogP contribution is -2.52. The summed E-state index contributed by atoms with van der Waals surface area (Å²) in [6, 6.07) is -0.437. The zero-order valence-electron chi connectivity index (χ0n) is 15.9. The van der Waals surface area contributed by atoms with E-state index in [1.807, 2.05) is 6.26 Å². The second-order valence-corrected chi connectivity index (χ2v) is 9.02. The summed E-state index contributed by atoms with van der Waals surface area (Å²) in [4.78, 5) is 40.2. The van der Waals surface area contributed by atoms with E-state index in [2.05, 4.69) is 5.32 Å². The number of likely N-dealkylation sites (tertiary alicyclic amines) is 1. The van der Waals surface area contributed by atoms with Crippen LogP contribution >= 0.6 is 11.8 Å². The number of carbonyl (C=O) groups is 3. The first-order chi connectivity index (χ1) is 12.6. The molecule has 1 aliphatic heterocycles. The van der Waals surface area contributed by atoms with Crippen molar-refractivity contribution in [2.45, 2.75) is 82.7 Å². The molecule has 2 saturated carbocycles. The topological polar surface area (TPSA) is 66.5 Å². The highest BCUT2D eigenvalue weighted by molar-refractivity contribution is 7.98. The Hall–Kier alpha value is -1.04. The van der Waals surface area contributed by atoms with E-state index in [9.17, 15) is 14.4 Å². The first-order valence-corrected chi connectivity index (χ1v) is 11.7. The van der Waals surface area contributed by atoms with Crippen LogP contribution in [0.2, 0.25) is 0 Å². The number of nitrogens with zero attached hydrogens (tertiary/aromatic N) is 1. The molecule has 3 amide bonds. The maximum atomic E-state index is 13.0. The fourth-order valence-corrected chi connectivity index (χ4v) is 5.28. The highest BCUT2D eigenvalue weighted by Crippen LogP contribution is 2.39. The molecule has 3 aliphatic rings. The van der Waals surface area contributed by atoms with Crippen molar-refractivity contribution in [2.24, 2.45) is 11.8 Å². The molecule has 1 N–H and O–H groups in total. The molecule has 6 heteroatoms. The maximum absolute atomic E-state index is 13.0. The summed E-state index contributed by atoms with van der Waals surface area (Å²) in [5, 5.41) is 3.17. The van der Waals surface area contributed by atoms with Gasteiger partial charge in [-0.2, -0.15) is 11.8 Å². The van der Waals surface area contributed by atoms with Gasteiger partial charge in [-0.3, -0.25) is 19.3 Å². The summed E-state index contributed by atoms with van der Waals surface area (Å²) in [7, 11) is 0. The monoisotopic (exact) mass is 380 g/mol. The maximum Gasteiger partial charge on any atom is 0.243 e. The van der Waals surface area contributed by atoms with E-state index in [4.69, 9.17) is 0 Å². The van der Waals surface area contributed by atoms with Crippen molar-refractivity contribution in [2.75, 3.05) is 12.0 Å². The zero-order valence-corrected chi connectivity index (χ0v) is 16.7. The molecule has 3 atom stereocenters. The Balaban J connectivity index is 1.73. The summed E-state index contributed by atoms with van der Waals surface area (Å²) < 4.78 is 0. The molecule has 0 aromatic heterocycles. The van der Waals surface area contributed by atoms with E-state index in [0.717, 1.165) is 57.1 Å². The lowest BCUT2D eigenvalue weighted by Gasteiger charge is -2.28. The molecule has 1 saturated heterocycles. The van der Waals surface area contributed by atoms with E-state index in [0.29, 0.717) is 6.42 Å². The Morgan fingerprint density at radius 3 is 2.08 bits per heavy atom. The average molecular weight is 381 g/mol. The number of amides is 3. The number of hydrogen-bond acceptors (Lipinski definition) is 4. The van der Waals surface area contributed by atoms with Crippen LogP contribution in [0, 0.1) is 11.8 Å². The molecule has 2 aliphatic carbocycles. The van der Waals surface area contributed by atoms with Gasteiger partial charge in [0, 0.05) is 6.04 Å². The number of rotatable bonds is 6. The van der Waals surface area contributed by atoms with Crippen LogP contribution in [0.1, 0.15) is 70.6 Å². The van der Waals surface area contributed by atoms with Crippen LogP contribution in [0.25, 0.3) is 0 Å². The van der Waals surface area contributed by atoms with E-state index < -0.39 is 6.04 Å². The largest absolute Gasteiger partial charge is 0.352 e. The molecular formula is C20H32N2O3S. The van der Waals surface area contributed by atoms with Crippen molar-refractivity contribution >= 4 is 29.5 Å². The van der Waals surface area contributed by atoms with E-state index in [1.165, 1.54) is 17.7 Å². The Morgan fingerprint density at radius 2 is 1.54 bits per heavy atom. The summed E-state index contributed by atoms with van der Waals surface area (Å²) in [6.45, 7) is 0. The molecule has 1 heterocycles. The second kappa shape index (κ2) is 9.25. The fraction of sp³-hybridized carbons (Fsp3) is 0.850. The van der Waals surface area contributed by atoms with Crippen LogP contribution in [0.3, 0.4) is 0 Å². The van der Waals surface area contributed by atoms with E-state index >= 15 is 0 Å². The molecule has 26 heavy (non-hydrogen) atoms. The van der Waals surface area contributed by atoms with Gasteiger partial charge in [0.1, 0.15) is 6.04 Å². The molecule has 0 spiro atoms. The SMILES string of the molecule is CSCC[C@H](C(=O)NC1CCCCCC1)N1C(=O)[C@H]2CCCC[C@@H]2C1=O. The molecule has 3 rings (SSSR count). The third-order valence-corrected chi connectivity index (χ3v) is 6.93. The fourth-order valence-electron chi connectivity index (χ4n) is 4.82. The lowest BCUT2D eigenvalue weighted by atomic mass is 9.81. The van der Waals surface area contributed by atoms with Gasteiger partial charge in [0.05, 0.1) is 11.8 Å². The molecule has 3 fully saturated rings. The van der Waals surface area contributed by atoms with Crippen molar-refractivity contribution in [3.05, 3.63) is 0 Å². The predicted molar refractivity (Wildman–Crippen MR) is 104 cm³/mol. The third kappa shape index (κ3) is 4.26. The summed E-state index contributed by atoms with van der Waals surface area (Å²) in [5.74, 6) is 0.0992. The summed E-state index contributed by atoms with van der Waals surface area (Å²) >= 11 is 1.65. The van der Waals surface area contributed by atoms with Crippen molar-refractivity contribution < 1.29 is 14.4 Å². The number of imide groups is 1. The van der Waals surface area contributed by atoms with E-state index in [-0.39, 0.29) is 35.6 Å². The number of thioether (sulfide) groups is 1. The molecule has 0 aromatic carbocycles. The van der Waals surface area contributed by atoms with Gasteiger partial charge in [-0.05, 0) is 44.1 Å². The van der Waals surface area contributed by atoms with Crippen molar-refractivity contribution in [1.82, 2.24) is 10.2 Å². The highest BCUT2D eigenvalue weighted by Gasteiger charge is 2.51. The second-order valence-electron chi connectivity index (χ2n) is 8.04. The lowest BCUT2D eigenvalue weighted by molar-refractivity contribution is -0.148. The first-order valence-electron chi connectivity index (χ1n) is 10.3. The Morgan fingerprint density at radius 1 is 1.00 bits per heavy atom. The zero-order chi connectivity index (χ0) is 18.5. The van der Waals surface area contributed by atoms with Gasteiger partial charge in [0.2, 0.25) is 17.7 Å². The highest BCUT2D eigenvalue weighted by atomic mass is 32.2. The molecule has 0 bridgehead atoms. The van der Waals surface area contributed by atoms with Gasteiger partial charge in [-0.15, -0.1) is 0 Å². The molecule has 0 unspecified atom stereocenters. The normalized spacial score (nSPS) is 28.6. The van der Waals surface area contributed by atoms with Crippen LogP contribution in [-0.2, 0) is 14.4 Å². The van der Waals surface area contributed by atoms with Crippen molar-refractivity contribution in [3.63, 3.8) is 0 Å². The van der Waals surface area contributed by atoms with Crippen molar-refractivity contribution in [3.8, 4) is 0 Å². The minimum Gasteiger partial charge on any atom is -0.352 e. The Kier molecular flexibility index (Phi) is 7.01. The predicted octanol–water partition coefficient (Wildman–Crippen LogP) is 3.12. The molecule has 5 nitrogen and oxygen atoms in total. The number of hydrogen-bond donors (Lipinski definition) is 1. The molecular weight excluding hydrogens is 348 g/mol. The molecule has 0 radical (unpaired) electrons. The number of nitrogens with one attached hydrogen (secondary N) is 1. The first kappa shape index (κ1) is 19.7. The number of carbonyl (C=O) groups excluding carboxylic acids is 3. The third-order valence-electron chi connectivity index (χ3n) is 6.29. The van der Waals surface area contributed by atoms with Gasteiger partial charge in [0.25, 0.3) is 0 Å². The standard InChI is InChI=1S/C20H32N2O3S/c1-26-13-12-17(18(23)21-14-8-4-2-3-5-9-14)22-19(24)15-10-6-7-11-16(15)20(22)25/h14-17H,2-13H2,1H3,(H,21,23)/t15-,16-,17+/m0/s1. The molecule has 146 valence electrons. The van der Waals surface area contributed by atoms with Gasteiger partial charge in [0.15, 0.2) is 0 Å². The van der Waals surface area contributed by atoms with E-state index in [1.54, 1.807) is 11.8 Å². The van der Waals surface area contributed by atoms with Crippen LogP contribution in [0.4, 0.5) is 0 Å². The Bertz CT molecular complexity index is 507. The average Bonchev–Trinajstić information content (AvgIpc) is 2.82. The summed E-state index contributed by atoms with van der Waals surface area (Å²) in [5.41, 5.74) is 0. The van der Waals surface area contributed by atoms with Crippen LogP contribution in [0.5, 0.6) is 0 Å². The number of fused-ring (bicyclic) bond motifs is 1. The minimum atomic E-state index is -0.628. The van der Waals surface area contributed by atoms with Crippen molar-refractivity contribution in [1.29, 1.82) is 0 Å². The van der Waals surface area contributed by atoms with Crippen LogP contribution in [0.15, 0.2) is 0 Å². The van der Waals surface area contributed by atoms with Gasteiger partial charge >= 0.3 is 0 Å². The summed E-state index contributed by atoms with van der Waals surface area (Å²) in [6.07, 6.45) is 12.9. The minimum absolute atomic E-state index is 0.0955. The quantitative estimate of drug-likeness (QED) is 0.568. The van der Waals surface area contributed by atoms with Gasteiger partial charge in [-0.1, -0.05) is 38.5 Å².